The van der Waals surface area contributed by atoms with Crippen LogP contribution >= 0.6 is 0 Å². The number of nitrogens with zero attached hydrogens (tertiary/aromatic N) is 2. The average molecular weight is 851 g/mol. The van der Waals surface area contributed by atoms with E-state index in [4.69, 9.17) is 28.8 Å². The number of carbonyl (C=O) groups excluding carboxylic acids is 3. The second kappa shape index (κ2) is 23.0. The van der Waals surface area contributed by atoms with Gasteiger partial charge in [-0.15, -0.1) is 5.11 Å². The van der Waals surface area contributed by atoms with E-state index in [1.807, 2.05) is 78.9 Å². The van der Waals surface area contributed by atoms with Crippen LogP contribution in [0.2, 0.25) is 0 Å². The molecule has 0 spiro atoms. The topological polar surface area (TPSA) is 166 Å². The smallest absolute Gasteiger partial charge is 0.343 e. The Kier molecular flexibility index (Phi) is 16.5. The number of aliphatic hydroxyl groups excluding tert-OH is 1. The first-order chi connectivity index (χ1) is 30.8. The lowest BCUT2D eigenvalue weighted by Crippen LogP contribution is -2.36. The van der Waals surface area contributed by atoms with Crippen molar-refractivity contribution < 1.29 is 43.2 Å². The largest absolute Gasteiger partial charge is 0.497 e. The molecule has 6 rings (SSSR count). The van der Waals surface area contributed by atoms with Crippen LogP contribution in [0.5, 0.6) is 23.0 Å². The number of carbonyl (C=O) groups is 3. The standard InChI is InChI=1S/C50H50N4O9/c1-59-42-24-18-39(19-25-42)50(38-13-7-4-8-14-38,40-20-26-43(60-2)27-21-40)62-34-31-52-48(57)36-16-22-41(23-17-36)53-54-45-29-28-44(63-49(58)37-11-5-3-6-12-37)35-46(45)61-33-9-15-47(56)51-30-10-32-55/h3-8,11-14,16-29,35,55H,9-10,15,30-34H2,1-2H3,(H,51,56)(H,52,57). The van der Waals surface area contributed by atoms with Crippen LogP contribution in [-0.4, -0.2) is 70.0 Å². The first-order valence-electron chi connectivity index (χ1n) is 20.5. The molecule has 0 aliphatic carbocycles. The van der Waals surface area contributed by atoms with Crippen LogP contribution in [0.1, 0.15) is 56.7 Å². The van der Waals surface area contributed by atoms with E-state index in [1.165, 1.54) is 0 Å². The van der Waals surface area contributed by atoms with Gasteiger partial charge in [-0.2, -0.15) is 5.11 Å². The quantitative estimate of drug-likeness (QED) is 0.0199. The lowest BCUT2D eigenvalue weighted by atomic mass is 9.80. The van der Waals surface area contributed by atoms with Crippen molar-refractivity contribution in [2.75, 3.05) is 47.1 Å². The number of hydrogen-bond acceptors (Lipinski definition) is 11. The van der Waals surface area contributed by atoms with E-state index in [-0.39, 0.29) is 50.4 Å². The molecule has 0 saturated carbocycles. The molecular formula is C50H50N4O9. The van der Waals surface area contributed by atoms with Crippen LogP contribution in [0.4, 0.5) is 11.4 Å². The van der Waals surface area contributed by atoms with Crippen LogP contribution < -0.4 is 29.6 Å². The highest BCUT2D eigenvalue weighted by atomic mass is 16.5. The van der Waals surface area contributed by atoms with Crippen LogP contribution in [0.15, 0.2) is 162 Å². The molecule has 2 amide bonds. The maximum atomic E-state index is 13.4. The number of benzene rings is 6. The highest BCUT2D eigenvalue weighted by Gasteiger charge is 2.38. The van der Waals surface area contributed by atoms with Gasteiger partial charge in [-0.3, -0.25) is 9.59 Å². The molecule has 0 heterocycles. The van der Waals surface area contributed by atoms with E-state index < -0.39 is 11.6 Å². The summed E-state index contributed by atoms with van der Waals surface area (Å²) in [5.41, 5.74) is 3.30. The van der Waals surface area contributed by atoms with Gasteiger partial charge in [0.05, 0.1) is 38.7 Å². The molecule has 0 unspecified atom stereocenters. The van der Waals surface area contributed by atoms with Crippen molar-refractivity contribution in [1.29, 1.82) is 0 Å². The van der Waals surface area contributed by atoms with Crippen molar-refractivity contribution in [3.8, 4) is 23.0 Å². The van der Waals surface area contributed by atoms with E-state index in [2.05, 4.69) is 20.9 Å². The van der Waals surface area contributed by atoms with Gasteiger partial charge in [-0.25, -0.2) is 4.79 Å². The summed E-state index contributed by atoms with van der Waals surface area (Å²) in [5.74, 6) is 0.997. The predicted octanol–water partition coefficient (Wildman–Crippen LogP) is 8.73. The third-order valence-corrected chi connectivity index (χ3v) is 9.90. The molecule has 13 heteroatoms. The zero-order chi connectivity index (χ0) is 44.3. The number of ether oxygens (including phenoxy) is 5. The first kappa shape index (κ1) is 45.2. The third kappa shape index (κ3) is 12.4. The Morgan fingerprint density at radius 1 is 0.603 bits per heavy atom. The summed E-state index contributed by atoms with van der Waals surface area (Å²) in [7, 11) is 3.25. The van der Waals surface area contributed by atoms with Gasteiger partial charge in [-0.1, -0.05) is 72.8 Å². The molecule has 0 aromatic heterocycles. The summed E-state index contributed by atoms with van der Waals surface area (Å²) < 4.78 is 29.3. The Hall–Kier alpha value is -7.35. The molecule has 13 nitrogen and oxygen atoms in total. The van der Waals surface area contributed by atoms with Gasteiger partial charge in [0.2, 0.25) is 5.91 Å². The van der Waals surface area contributed by atoms with E-state index in [9.17, 15) is 14.4 Å². The number of azo groups is 1. The minimum Gasteiger partial charge on any atom is -0.497 e. The number of aliphatic hydroxyl groups is 1. The van der Waals surface area contributed by atoms with Crippen molar-refractivity contribution in [1.82, 2.24) is 10.6 Å². The van der Waals surface area contributed by atoms with Crippen molar-refractivity contribution in [2.45, 2.75) is 24.9 Å². The Labute approximate surface area is 366 Å². The minimum atomic E-state index is -1.02. The fourth-order valence-electron chi connectivity index (χ4n) is 6.64. The average Bonchev–Trinajstić information content (AvgIpc) is 3.33. The van der Waals surface area contributed by atoms with Crippen LogP contribution in [0.3, 0.4) is 0 Å². The number of rotatable bonds is 22. The Bertz CT molecular complexity index is 2360. The second-order valence-electron chi connectivity index (χ2n) is 14.1. The highest BCUT2D eigenvalue weighted by molar-refractivity contribution is 5.94. The number of amides is 2. The van der Waals surface area contributed by atoms with Gasteiger partial charge in [0, 0.05) is 37.7 Å². The van der Waals surface area contributed by atoms with Gasteiger partial charge < -0.3 is 39.4 Å². The Balaban J connectivity index is 1.12. The molecular weight excluding hydrogens is 801 g/mol. The molecule has 324 valence electrons. The monoisotopic (exact) mass is 850 g/mol. The molecule has 3 N–H and O–H groups in total. The van der Waals surface area contributed by atoms with Gasteiger partial charge in [-0.05, 0) is 102 Å². The van der Waals surface area contributed by atoms with Gasteiger partial charge in [0.1, 0.15) is 28.5 Å². The van der Waals surface area contributed by atoms with Crippen LogP contribution in [0, 0.1) is 0 Å². The van der Waals surface area contributed by atoms with E-state index in [0.717, 1.165) is 16.7 Å². The minimum absolute atomic E-state index is 0.00197. The fraction of sp³-hybridized carbons (Fsp3) is 0.220. The molecule has 6 aromatic carbocycles. The Morgan fingerprint density at radius 3 is 1.83 bits per heavy atom. The lowest BCUT2D eigenvalue weighted by Gasteiger charge is -2.36. The van der Waals surface area contributed by atoms with Crippen molar-refractivity contribution >= 4 is 29.2 Å². The third-order valence-electron chi connectivity index (χ3n) is 9.90. The molecule has 0 fully saturated rings. The van der Waals surface area contributed by atoms with Gasteiger partial charge >= 0.3 is 5.97 Å². The predicted molar refractivity (Wildman–Crippen MR) is 238 cm³/mol. The van der Waals surface area contributed by atoms with Crippen LogP contribution in [0.25, 0.3) is 0 Å². The second-order valence-corrected chi connectivity index (χ2v) is 14.1. The summed E-state index contributed by atoms with van der Waals surface area (Å²) in [6, 6.07) is 45.5. The van der Waals surface area contributed by atoms with Crippen molar-refractivity contribution in [3.05, 3.63) is 179 Å². The zero-order valence-electron chi connectivity index (χ0n) is 35.2. The van der Waals surface area contributed by atoms with E-state index in [0.29, 0.717) is 59.1 Å². The zero-order valence-corrected chi connectivity index (χ0v) is 35.2. The van der Waals surface area contributed by atoms with Crippen LogP contribution in [-0.2, 0) is 15.1 Å². The summed E-state index contributed by atoms with van der Waals surface area (Å²) in [5, 5.41) is 23.4. The first-order valence-corrected chi connectivity index (χ1v) is 20.5. The summed E-state index contributed by atoms with van der Waals surface area (Å²) in [6.45, 7) is 0.964. The van der Waals surface area contributed by atoms with E-state index in [1.54, 1.807) is 87.0 Å². The van der Waals surface area contributed by atoms with E-state index >= 15 is 0 Å². The number of esters is 1. The molecule has 6 aromatic rings. The molecule has 0 radical (unpaired) electrons. The summed E-state index contributed by atoms with van der Waals surface area (Å²) in [4.78, 5) is 38.2. The molecule has 0 aliphatic rings. The van der Waals surface area contributed by atoms with Gasteiger partial charge in [0.25, 0.3) is 5.91 Å². The molecule has 0 saturated heterocycles. The van der Waals surface area contributed by atoms with Crippen molar-refractivity contribution in [2.24, 2.45) is 10.2 Å². The number of nitrogens with one attached hydrogen (secondary N) is 2. The highest BCUT2D eigenvalue weighted by Crippen LogP contribution is 2.41. The molecule has 63 heavy (non-hydrogen) atoms. The molecule has 0 atom stereocenters. The SMILES string of the molecule is COc1ccc(C(OCCNC(=O)c2ccc(N=Nc3ccc(OC(=O)c4ccccc4)cc3OCCCC(=O)NCCCO)cc2)(c2ccccc2)c2ccc(OC)cc2)cc1. The fourth-order valence-corrected chi connectivity index (χ4v) is 6.64. The maximum absolute atomic E-state index is 13.4. The summed E-state index contributed by atoms with van der Waals surface area (Å²) >= 11 is 0. The molecule has 0 aliphatic heterocycles. The number of methoxy groups -OCH3 is 2. The lowest BCUT2D eigenvalue weighted by molar-refractivity contribution is -0.121. The van der Waals surface area contributed by atoms with Crippen molar-refractivity contribution in [3.63, 3.8) is 0 Å². The maximum Gasteiger partial charge on any atom is 0.343 e. The molecule has 0 bridgehead atoms. The van der Waals surface area contributed by atoms with Gasteiger partial charge in [0.15, 0.2) is 5.75 Å². The normalized spacial score (nSPS) is 11.2. The summed E-state index contributed by atoms with van der Waals surface area (Å²) in [6.07, 6.45) is 1.11. The number of hydrogen-bond donors (Lipinski definition) is 3. The Morgan fingerprint density at radius 2 is 1.21 bits per heavy atom.